The van der Waals surface area contributed by atoms with E-state index in [0.29, 0.717) is 5.02 Å². The van der Waals surface area contributed by atoms with Gasteiger partial charge in [0.2, 0.25) is 0 Å². The summed E-state index contributed by atoms with van der Waals surface area (Å²) in [6, 6.07) is 8.00. The number of aliphatic hydroxyl groups excluding tert-OH is 1. The third-order valence-corrected chi connectivity index (χ3v) is 5.94. The third kappa shape index (κ3) is 2.77. The van der Waals surface area contributed by atoms with Crippen LogP contribution >= 0.6 is 11.6 Å². The smallest absolute Gasteiger partial charge is 0.0737 e. The van der Waals surface area contributed by atoms with E-state index in [2.05, 4.69) is 34.0 Å². The van der Waals surface area contributed by atoms with Crippen LogP contribution in [0.4, 0.5) is 5.69 Å². The molecule has 2 saturated heterocycles. The summed E-state index contributed by atoms with van der Waals surface area (Å²) in [7, 11) is 2.16. The fourth-order valence-corrected chi connectivity index (χ4v) is 4.69. The van der Waals surface area contributed by atoms with Crippen LogP contribution in [0.5, 0.6) is 0 Å². The molecule has 4 rings (SSSR count). The fourth-order valence-electron chi connectivity index (χ4n) is 4.52. The van der Waals surface area contributed by atoms with E-state index in [0.717, 1.165) is 56.3 Å². The molecule has 1 N–H and O–H groups in total. The number of rotatable bonds is 1. The number of benzene rings is 1. The van der Waals surface area contributed by atoms with Crippen LogP contribution in [0.1, 0.15) is 19.3 Å². The minimum absolute atomic E-state index is 0.0206. The Kier molecular flexibility index (Phi) is 4.15. The maximum Gasteiger partial charge on any atom is 0.0737 e. The van der Waals surface area contributed by atoms with Gasteiger partial charge in [-0.25, -0.2) is 0 Å². The molecule has 0 unspecified atom stereocenters. The van der Waals surface area contributed by atoms with Gasteiger partial charge in [0.05, 0.1) is 11.6 Å². The van der Waals surface area contributed by atoms with Gasteiger partial charge in [-0.2, -0.15) is 0 Å². The van der Waals surface area contributed by atoms with Crippen molar-refractivity contribution in [3.63, 3.8) is 0 Å². The van der Waals surface area contributed by atoms with Crippen molar-refractivity contribution in [2.75, 3.05) is 38.1 Å². The number of hydrogen-bond donors (Lipinski definition) is 1. The highest BCUT2D eigenvalue weighted by Gasteiger charge is 2.44. The number of likely N-dealkylation sites (tertiary alicyclic amines) is 1. The largest absolute Gasteiger partial charge is 0.392 e. The van der Waals surface area contributed by atoms with Crippen molar-refractivity contribution in [3.05, 3.63) is 35.5 Å². The lowest BCUT2D eigenvalue weighted by atomic mass is 9.71. The second kappa shape index (κ2) is 6.17. The Morgan fingerprint density at radius 1 is 1.25 bits per heavy atom. The van der Waals surface area contributed by atoms with Crippen molar-refractivity contribution < 1.29 is 5.11 Å². The van der Waals surface area contributed by atoms with E-state index in [-0.39, 0.29) is 11.5 Å². The number of aromatic nitrogens is 1. The predicted octanol–water partition coefficient (Wildman–Crippen LogP) is 3.17. The number of halogens is 1. The first-order valence-corrected chi connectivity index (χ1v) is 9.11. The van der Waals surface area contributed by atoms with Crippen molar-refractivity contribution in [1.29, 1.82) is 0 Å². The van der Waals surface area contributed by atoms with E-state index in [1.54, 1.807) is 0 Å². The van der Waals surface area contributed by atoms with Crippen LogP contribution < -0.4 is 4.90 Å². The molecule has 2 fully saturated rings. The standard InChI is InChI=1S/C19H24ClN3O/c1-22-10-6-18(24)19(12-22)7-2-9-23(13-19)17-5-8-21-16-11-14(20)3-4-15(16)17/h3-5,8,11,18,24H,2,6-7,9-10,12-13H2,1H3/t18-,19-/m0/s1. The Balaban J connectivity index is 1.70. The number of anilines is 1. The fraction of sp³-hybridized carbons (Fsp3) is 0.526. The van der Waals surface area contributed by atoms with Gasteiger partial charge in [-0.3, -0.25) is 4.98 Å². The highest BCUT2D eigenvalue weighted by molar-refractivity contribution is 6.31. The molecule has 1 aromatic carbocycles. The Labute approximate surface area is 148 Å². The van der Waals surface area contributed by atoms with Gasteiger partial charge in [-0.1, -0.05) is 11.6 Å². The quantitative estimate of drug-likeness (QED) is 0.861. The van der Waals surface area contributed by atoms with Crippen LogP contribution in [0.15, 0.2) is 30.5 Å². The lowest BCUT2D eigenvalue weighted by molar-refractivity contribution is -0.0465. The summed E-state index contributed by atoms with van der Waals surface area (Å²) in [5, 5.41) is 12.6. The summed E-state index contributed by atoms with van der Waals surface area (Å²) in [5.41, 5.74) is 2.12. The lowest BCUT2D eigenvalue weighted by Gasteiger charge is -2.51. The Hall–Kier alpha value is -1.36. The van der Waals surface area contributed by atoms with E-state index in [9.17, 15) is 5.11 Å². The monoisotopic (exact) mass is 345 g/mol. The zero-order valence-electron chi connectivity index (χ0n) is 14.1. The van der Waals surface area contributed by atoms with Gasteiger partial charge in [-0.15, -0.1) is 0 Å². The molecule has 24 heavy (non-hydrogen) atoms. The second-order valence-electron chi connectivity index (χ2n) is 7.42. The normalized spacial score (nSPS) is 28.6. The Morgan fingerprint density at radius 3 is 3.00 bits per heavy atom. The molecule has 2 aromatic rings. The first-order chi connectivity index (χ1) is 11.6. The summed E-state index contributed by atoms with van der Waals surface area (Å²) >= 11 is 6.12. The zero-order chi connectivity index (χ0) is 16.7. The van der Waals surface area contributed by atoms with Gasteiger partial charge >= 0.3 is 0 Å². The molecule has 1 aromatic heterocycles. The summed E-state index contributed by atoms with van der Waals surface area (Å²) < 4.78 is 0. The van der Waals surface area contributed by atoms with Gasteiger partial charge in [-0.05, 0) is 50.6 Å². The molecule has 2 aliphatic rings. The van der Waals surface area contributed by atoms with Crippen LogP contribution in [-0.2, 0) is 0 Å². The summed E-state index contributed by atoms with van der Waals surface area (Å²) in [4.78, 5) is 9.26. The van der Waals surface area contributed by atoms with Crippen LogP contribution in [0.2, 0.25) is 5.02 Å². The number of nitrogens with zero attached hydrogens (tertiary/aromatic N) is 3. The minimum Gasteiger partial charge on any atom is -0.392 e. The molecule has 2 aliphatic heterocycles. The van der Waals surface area contributed by atoms with E-state index < -0.39 is 0 Å². The average Bonchev–Trinajstić information content (AvgIpc) is 2.58. The molecule has 128 valence electrons. The molecule has 0 amide bonds. The highest BCUT2D eigenvalue weighted by atomic mass is 35.5. The first-order valence-electron chi connectivity index (χ1n) is 8.73. The maximum atomic E-state index is 10.7. The van der Waals surface area contributed by atoms with Crippen LogP contribution in [0.25, 0.3) is 10.9 Å². The van der Waals surface area contributed by atoms with Crippen molar-refractivity contribution in [3.8, 4) is 0 Å². The molecule has 0 aliphatic carbocycles. The molecular weight excluding hydrogens is 322 g/mol. The number of hydrogen-bond acceptors (Lipinski definition) is 4. The zero-order valence-corrected chi connectivity index (χ0v) is 14.8. The summed E-state index contributed by atoms with van der Waals surface area (Å²) in [5.74, 6) is 0. The van der Waals surface area contributed by atoms with Gasteiger partial charge in [0.1, 0.15) is 0 Å². The van der Waals surface area contributed by atoms with E-state index in [1.807, 2.05) is 18.3 Å². The van der Waals surface area contributed by atoms with Crippen molar-refractivity contribution in [2.45, 2.75) is 25.4 Å². The van der Waals surface area contributed by atoms with E-state index >= 15 is 0 Å². The Bertz CT molecular complexity index is 752. The molecular formula is C19H24ClN3O. The molecule has 0 radical (unpaired) electrons. The molecule has 2 atom stereocenters. The van der Waals surface area contributed by atoms with Crippen LogP contribution in [-0.4, -0.2) is 54.3 Å². The molecule has 5 heteroatoms. The lowest BCUT2D eigenvalue weighted by Crippen LogP contribution is -2.58. The SMILES string of the molecule is CN1CC[C@H](O)[C@@]2(CCCN(c3ccnc4cc(Cl)ccc34)C2)C1. The van der Waals surface area contributed by atoms with Crippen molar-refractivity contribution >= 4 is 28.2 Å². The molecule has 1 spiro atoms. The number of fused-ring (bicyclic) bond motifs is 1. The molecule has 4 nitrogen and oxygen atoms in total. The van der Waals surface area contributed by atoms with E-state index in [1.165, 1.54) is 5.69 Å². The molecule has 3 heterocycles. The maximum absolute atomic E-state index is 10.7. The predicted molar refractivity (Wildman–Crippen MR) is 98.8 cm³/mol. The summed E-state index contributed by atoms with van der Waals surface area (Å²) in [6.07, 6.45) is 4.74. The number of aliphatic hydroxyl groups is 1. The highest BCUT2D eigenvalue weighted by Crippen LogP contribution is 2.41. The van der Waals surface area contributed by atoms with Crippen molar-refractivity contribution in [1.82, 2.24) is 9.88 Å². The van der Waals surface area contributed by atoms with Crippen LogP contribution in [0, 0.1) is 5.41 Å². The van der Waals surface area contributed by atoms with Gasteiger partial charge < -0.3 is 14.9 Å². The van der Waals surface area contributed by atoms with Gasteiger partial charge in [0, 0.05) is 53.9 Å². The van der Waals surface area contributed by atoms with Crippen molar-refractivity contribution in [2.24, 2.45) is 5.41 Å². The Morgan fingerprint density at radius 2 is 2.12 bits per heavy atom. The summed E-state index contributed by atoms with van der Waals surface area (Å²) in [6.45, 7) is 3.89. The molecule has 0 saturated carbocycles. The average molecular weight is 346 g/mol. The number of pyridine rings is 1. The van der Waals surface area contributed by atoms with Gasteiger partial charge in [0.15, 0.2) is 0 Å². The third-order valence-electron chi connectivity index (χ3n) is 5.71. The van der Waals surface area contributed by atoms with Gasteiger partial charge in [0.25, 0.3) is 0 Å². The molecule has 0 bridgehead atoms. The second-order valence-corrected chi connectivity index (χ2v) is 7.86. The first kappa shape index (κ1) is 16.1. The minimum atomic E-state index is -0.209. The van der Waals surface area contributed by atoms with E-state index in [4.69, 9.17) is 11.6 Å². The number of piperidine rings is 2. The van der Waals surface area contributed by atoms with Crippen LogP contribution in [0.3, 0.4) is 0 Å². The topological polar surface area (TPSA) is 39.6 Å².